The number of nitrogens with one attached hydrogen (secondary N) is 6. The summed E-state index contributed by atoms with van der Waals surface area (Å²) in [5, 5.41) is 25.7. The molecule has 2 aliphatic carbocycles. The molecule has 0 bridgehead atoms. The highest BCUT2D eigenvalue weighted by Crippen LogP contribution is 2.42. The SMILES string of the molecule is COC1NCNC(C2CC2)C1C1NCC2C(N1)N(CC1CCC(C3NC(C(F)(F)F)CN3C)C(C)C1)C(=N)N2CC(F)(F)F. The van der Waals surface area contributed by atoms with Crippen LogP contribution in [0.2, 0.25) is 0 Å². The Morgan fingerprint density at radius 3 is 2.32 bits per heavy atom. The number of fused-ring (bicyclic) bond motifs is 1. The quantitative estimate of drug-likeness (QED) is 0.233. The number of methoxy groups -OCH3 is 1. The van der Waals surface area contributed by atoms with Crippen LogP contribution in [0, 0.1) is 35.0 Å². The molecule has 16 heteroatoms. The van der Waals surface area contributed by atoms with E-state index in [1.165, 1.54) is 0 Å². The molecule has 6 aliphatic rings. The van der Waals surface area contributed by atoms with Gasteiger partial charge in [-0.05, 0) is 62.8 Å². The van der Waals surface area contributed by atoms with Crippen LogP contribution in [0.15, 0.2) is 0 Å². The molecule has 0 radical (unpaired) electrons. The first-order valence-electron chi connectivity index (χ1n) is 16.0. The summed E-state index contributed by atoms with van der Waals surface area (Å²) in [6, 6.07) is -1.93. The van der Waals surface area contributed by atoms with E-state index < -0.39 is 37.1 Å². The van der Waals surface area contributed by atoms with Gasteiger partial charge in [0.2, 0.25) is 0 Å². The van der Waals surface area contributed by atoms with Gasteiger partial charge in [-0.2, -0.15) is 26.3 Å². The first kappa shape index (κ1) is 32.5. The summed E-state index contributed by atoms with van der Waals surface area (Å²) < 4.78 is 87.1. The number of guanidine groups is 1. The van der Waals surface area contributed by atoms with Crippen molar-refractivity contribution in [3.63, 3.8) is 0 Å². The summed E-state index contributed by atoms with van der Waals surface area (Å²) in [6.07, 6.45) is -5.64. The number of hydrogen-bond acceptors (Lipinski definition) is 8. The van der Waals surface area contributed by atoms with Crippen LogP contribution in [0.25, 0.3) is 0 Å². The summed E-state index contributed by atoms with van der Waals surface area (Å²) >= 11 is 0. The Labute approximate surface area is 254 Å². The molecule has 0 spiro atoms. The average Bonchev–Trinajstić information content (AvgIpc) is 3.69. The molecule has 0 amide bonds. The zero-order chi connectivity index (χ0) is 31.6. The van der Waals surface area contributed by atoms with Crippen molar-refractivity contribution in [1.29, 1.82) is 5.41 Å². The topological polar surface area (TPSA) is 103 Å². The van der Waals surface area contributed by atoms with Gasteiger partial charge in [0.05, 0.1) is 18.4 Å². The molecule has 6 rings (SSSR count). The van der Waals surface area contributed by atoms with Crippen LogP contribution < -0.4 is 26.6 Å². The third kappa shape index (κ3) is 6.54. The minimum Gasteiger partial charge on any atom is -0.366 e. The van der Waals surface area contributed by atoms with E-state index >= 15 is 0 Å². The minimum atomic E-state index is -4.46. The van der Waals surface area contributed by atoms with Gasteiger partial charge in [0.1, 0.15) is 25.0 Å². The molecule has 4 aliphatic heterocycles. The van der Waals surface area contributed by atoms with Gasteiger partial charge in [0.25, 0.3) is 0 Å². The summed E-state index contributed by atoms with van der Waals surface area (Å²) in [6.45, 7) is 2.12. The van der Waals surface area contributed by atoms with Crippen molar-refractivity contribution in [2.45, 2.75) is 94.2 Å². The fourth-order valence-electron chi connectivity index (χ4n) is 8.75. The zero-order valence-electron chi connectivity index (χ0n) is 25.5. The molecule has 11 atom stereocenters. The second kappa shape index (κ2) is 12.3. The molecular formula is C28H47F6N9O. The van der Waals surface area contributed by atoms with Crippen LogP contribution in [-0.2, 0) is 4.74 Å². The number of halogens is 6. The van der Waals surface area contributed by atoms with Gasteiger partial charge in [-0.15, -0.1) is 0 Å². The van der Waals surface area contributed by atoms with Crippen molar-refractivity contribution in [1.82, 2.24) is 41.3 Å². The summed E-state index contributed by atoms with van der Waals surface area (Å²) in [5.41, 5.74) is 0. The lowest BCUT2D eigenvalue weighted by molar-refractivity contribution is -0.151. The van der Waals surface area contributed by atoms with E-state index in [1.807, 2.05) is 0 Å². The highest BCUT2D eigenvalue weighted by atomic mass is 19.4. The average molecular weight is 640 g/mol. The molecule has 6 fully saturated rings. The maximum absolute atomic E-state index is 13.7. The van der Waals surface area contributed by atoms with Crippen molar-refractivity contribution in [2.75, 3.05) is 47.0 Å². The Morgan fingerprint density at radius 2 is 1.70 bits per heavy atom. The van der Waals surface area contributed by atoms with Crippen LogP contribution >= 0.6 is 0 Å². The summed E-state index contributed by atoms with van der Waals surface area (Å²) in [5.74, 6) is 0.647. The van der Waals surface area contributed by atoms with Gasteiger partial charge in [0.15, 0.2) is 5.96 Å². The second-order valence-electron chi connectivity index (χ2n) is 13.9. The van der Waals surface area contributed by atoms with Crippen molar-refractivity contribution in [3.8, 4) is 0 Å². The number of rotatable bonds is 7. The van der Waals surface area contributed by atoms with Gasteiger partial charge in [-0.1, -0.05) is 6.92 Å². The van der Waals surface area contributed by atoms with Crippen LogP contribution in [0.4, 0.5) is 26.3 Å². The van der Waals surface area contributed by atoms with Crippen molar-refractivity contribution in [2.24, 2.45) is 29.6 Å². The predicted molar refractivity (Wildman–Crippen MR) is 151 cm³/mol. The molecule has 252 valence electrons. The smallest absolute Gasteiger partial charge is 0.366 e. The fourth-order valence-corrected chi connectivity index (χ4v) is 8.75. The largest absolute Gasteiger partial charge is 0.406 e. The lowest BCUT2D eigenvalue weighted by Crippen LogP contribution is -2.73. The lowest BCUT2D eigenvalue weighted by atomic mass is 9.73. The number of hydrogen-bond donors (Lipinski definition) is 6. The zero-order valence-corrected chi connectivity index (χ0v) is 25.5. The van der Waals surface area contributed by atoms with E-state index in [1.54, 1.807) is 24.0 Å². The molecule has 0 aromatic carbocycles. The first-order chi connectivity index (χ1) is 20.7. The maximum Gasteiger partial charge on any atom is 0.406 e. The number of likely N-dealkylation sites (N-methyl/N-ethyl adjacent to an activating group) is 1. The van der Waals surface area contributed by atoms with Gasteiger partial charge in [-0.25, -0.2) is 0 Å². The minimum absolute atomic E-state index is 0.0122. The van der Waals surface area contributed by atoms with Crippen molar-refractivity contribution >= 4 is 5.96 Å². The predicted octanol–water partition coefficient (Wildman–Crippen LogP) is 1.68. The summed E-state index contributed by atoms with van der Waals surface area (Å²) in [4.78, 5) is 4.72. The molecule has 2 saturated carbocycles. The normalized spacial score (nSPS) is 42.7. The van der Waals surface area contributed by atoms with Crippen LogP contribution in [0.5, 0.6) is 0 Å². The molecule has 6 N–H and O–H groups in total. The van der Waals surface area contributed by atoms with E-state index in [-0.39, 0.29) is 60.8 Å². The highest BCUT2D eigenvalue weighted by Gasteiger charge is 2.54. The molecule has 44 heavy (non-hydrogen) atoms. The van der Waals surface area contributed by atoms with Gasteiger partial charge in [0, 0.05) is 45.4 Å². The highest BCUT2D eigenvalue weighted by molar-refractivity contribution is 5.80. The van der Waals surface area contributed by atoms with Crippen LogP contribution in [0.1, 0.15) is 39.0 Å². The Bertz CT molecular complexity index is 1030. The van der Waals surface area contributed by atoms with E-state index in [0.29, 0.717) is 25.7 Å². The van der Waals surface area contributed by atoms with E-state index in [0.717, 1.165) is 37.0 Å². The Hall–Kier alpha value is -1.43. The molecule has 11 unspecified atom stereocenters. The van der Waals surface area contributed by atoms with Crippen molar-refractivity contribution < 1.29 is 31.1 Å². The third-order valence-electron chi connectivity index (χ3n) is 11.0. The fraction of sp³-hybridized carbons (Fsp3) is 0.964. The molecule has 0 aromatic heterocycles. The Balaban J connectivity index is 1.16. The lowest BCUT2D eigenvalue weighted by Gasteiger charge is -2.48. The van der Waals surface area contributed by atoms with Gasteiger partial charge < -0.3 is 19.9 Å². The Kier molecular flexibility index (Phi) is 9.09. The molecule has 4 saturated heterocycles. The maximum atomic E-state index is 13.7. The number of nitrogens with zero attached hydrogens (tertiary/aromatic N) is 3. The van der Waals surface area contributed by atoms with Gasteiger partial charge >= 0.3 is 12.4 Å². The van der Waals surface area contributed by atoms with Crippen LogP contribution in [0.3, 0.4) is 0 Å². The van der Waals surface area contributed by atoms with E-state index in [4.69, 9.17) is 10.1 Å². The molecule has 0 aromatic rings. The monoisotopic (exact) mass is 639 g/mol. The van der Waals surface area contributed by atoms with Crippen molar-refractivity contribution in [3.05, 3.63) is 0 Å². The summed E-state index contributed by atoms with van der Waals surface area (Å²) in [7, 11) is 3.38. The number of alkyl halides is 6. The Morgan fingerprint density at radius 1 is 0.955 bits per heavy atom. The van der Waals surface area contributed by atoms with Crippen LogP contribution in [-0.4, -0.2) is 123 Å². The number of ether oxygens (including phenoxy) is 1. The molecular weight excluding hydrogens is 592 g/mol. The van der Waals surface area contributed by atoms with E-state index in [9.17, 15) is 26.3 Å². The third-order valence-corrected chi connectivity index (χ3v) is 11.0. The second-order valence-corrected chi connectivity index (χ2v) is 13.9. The molecule has 10 nitrogen and oxygen atoms in total. The first-order valence-corrected chi connectivity index (χ1v) is 16.0. The standard InChI is InChI=1S/C28H47F6N9O/c1-14-8-15(4-7-17(14)23-39-19(11-41(23)2)28(32,33)34)10-42-24-18(43(26(42)35)12-27(29,30)31)9-36-22(40-24)20-21(16-5-6-16)37-13-38-25(20)44-3/h14-25,35-40H,4-13H2,1-3H3. The molecule has 4 heterocycles. The van der Waals surface area contributed by atoms with E-state index in [2.05, 4.69) is 33.5 Å². The van der Waals surface area contributed by atoms with Gasteiger partial charge in [-0.3, -0.25) is 31.6 Å².